The Kier molecular flexibility index (Phi) is 3.76. The third-order valence-electron chi connectivity index (χ3n) is 4.66. The average molecular weight is 289 g/mol. The van der Waals surface area contributed by atoms with Gasteiger partial charge in [0, 0.05) is 25.9 Å². The molecule has 2 aliphatic heterocycles. The minimum atomic E-state index is -0.497. The van der Waals surface area contributed by atoms with Gasteiger partial charge in [0.25, 0.3) is 0 Å². The lowest BCUT2D eigenvalue weighted by Crippen LogP contribution is -2.51. The molecule has 0 N–H and O–H groups in total. The Morgan fingerprint density at radius 3 is 2.24 bits per heavy atom. The van der Waals surface area contributed by atoms with Gasteiger partial charge in [-0.2, -0.15) is 0 Å². The summed E-state index contributed by atoms with van der Waals surface area (Å²) >= 11 is 0. The first-order valence-electron chi connectivity index (χ1n) is 7.66. The van der Waals surface area contributed by atoms with E-state index in [9.17, 15) is 4.79 Å². The van der Waals surface area contributed by atoms with Gasteiger partial charge in [-0.05, 0) is 19.4 Å². The molecule has 21 heavy (non-hydrogen) atoms. The van der Waals surface area contributed by atoms with Gasteiger partial charge in [-0.1, -0.05) is 30.3 Å². The predicted octanol–water partition coefficient (Wildman–Crippen LogP) is 2.33. The van der Waals surface area contributed by atoms with Crippen molar-refractivity contribution in [2.45, 2.75) is 37.9 Å². The summed E-state index contributed by atoms with van der Waals surface area (Å²) in [4.78, 5) is 14.8. The van der Waals surface area contributed by atoms with Gasteiger partial charge < -0.3 is 14.4 Å². The number of likely N-dealkylation sites (tertiary alicyclic amines) is 1. The van der Waals surface area contributed by atoms with E-state index in [2.05, 4.69) is 0 Å². The molecule has 1 amide bonds. The van der Waals surface area contributed by atoms with Crippen LogP contribution in [0.1, 0.15) is 32.3 Å². The molecule has 0 aliphatic carbocycles. The number of ether oxygens (including phenoxy) is 2. The highest BCUT2D eigenvalue weighted by atomic mass is 16.7. The third-order valence-corrected chi connectivity index (χ3v) is 4.66. The molecule has 0 radical (unpaired) electrons. The fraction of sp³-hybridized carbons (Fsp3) is 0.588. The van der Waals surface area contributed by atoms with Crippen LogP contribution in [0.3, 0.4) is 0 Å². The Labute approximate surface area is 126 Å². The summed E-state index contributed by atoms with van der Waals surface area (Å²) in [6.07, 6.45) is 1.53. The van der Waals surface area contributed by atoms with E-state index in [1.807, 2.05) is 49.1 Å². The predicted molar refractivity (Wildman–Crippen MR) is 79.9 cm³/mol. The van der Waals surface area contributed by atoms with Crippen LogP contribution in [0.25, 0.3) is 0 Å². The van der Waals surface area contributed by atoms with Crippen LogP contribution in [0, 0.1) is 0 Å². The molecule has 0 bridgehead atoms. The molecule has 0 saturated carbocycles. The van der Waals surface area contributed by atoms with Crippen molar-refractivity contribution in [1.29, 1.82) is 0 Å². The maximum atomic E-state index is 12.9. The quantitative estimate of drug-likeness (QED) is 0.839. The van der Waals surface area contributed by atoms with Crippen molar-refractivity contribution < 1.29 is 14.3 Å². The van der Waals surface area contributed by atoms with E-state index < -0.39 is 11.2 Å². The SMILES string of the molecule is CC(C)(C(=O)N1CCC2(CC1)OCCO2)c1ccccc1. The van der Waals surface area contributed by atoms with E-state index in [4.69, 9.17) is 9.47 Å². The maximum Gasteiger partial charge on any atom is 0.232 e. The van der Waals surface area contributed by atoms with Crippen molar-refractivity contribution in [2.24, 2.45) is 0 Å². The molecule has 2 aliphatic rings. The first kappa shape index (κ1) is 14.5. The van der Waals surface area contributed by atoms with Gasteiger partial charge in [0.2, 0.25) is 5.91 Å². The molecule has 4 nitrogen and oxygen atoms in total. The van der Waals surface area contributed by atoms with Gasteiger partial charge in [-0.3, -0.25) is 4.79 Å². The summed E-state index contributed by atoms with van der Waals surface area (Å²) in [5.74, 6) is -0.241. The molecule has 0 aromatic heterocycles. The molecular weight excluding hydrogens is 266 g/mol. The second kappa shape index (κ2) is 5.43. The number of hydrogen-bond donors (Lipinski definition) is 0. The maximum absolute atomic E-state index is 12.9. The zero-order chi connectivity index (χ0) is 14.9. The van der Waals surface area contributed by atoms with E-state index in [0.29, 0.717) is 26.3 Å². The number of nitrogens with zero attached hydrogens (tertiary/aromatic N) is 1. The molecule has 2 fully saturated rings. The van der Waals surface area contributed by atoms with Gasteiger partial charge in [0.15, 0.2) is 5.79 Å². The molecular formula is C17H23NO3. The van der Waals surface area contributed by atoms with Crippen LogP contribution in [0.4, 0.5) is 0 Å². The van der Waals surface area contributed by atoms with Crippen molar-refractivity contribution in [3.8, 4) is 0 Å². The Hall–Kier alpha value is -1.39. The van der Waals surface area contributed by atoms with Crippen LogP contribution in [-0.4, -0.2) is 42.9 Å². The van der Waals surface area contributed by atoms with Crippen molar-refractivity contribution in [3.63, 3.8) is 0 Å². The second-order valence-corrected chi connectivity index (χ2v) is 6.39. The number of benzene rings is 1. The molecule has 1 aromatic carbocycles. The van der Waals surface area contributed by atoms with Crippen molar-refractivity contribution in [1.82, 2.24) is 4.90 Å². The van der Waals surface area contributed by atoms with E-state index >= 15 is 0 Å². The molecule has 0 atom stereocenters. The van der Waals surface area contributed by atoms with E-state index in [1.54, 1.807) is 0 Å². The summed E-state index contributed by atoms with van der Waals surface area (Å²) in [7, 11) is 0. The van der Waals surface area contributed by atoms with Gasteiger partial charge in [-0.25, -0.2) is 0 Å². The van der Waals surface area contributed by atoms with Crippen LogP contribution in [0.2, 0.25) is 0 Å². The number of carbonyl (C=O) groups is 1. The van der Waals surface area contributed by atoms with E-state index in [0.717, 1.165) is 18.4 Å². The number of rotatable bonds is 2. The first-order valence-corrected chi connectivity index (χ1v) is 7.66. The summed E-state index contributed by atoms with van der Waals surface area (Å²) in [6.45, 7) is 6.74. The summed E-state index contributed by atoms with van der Waals surface area (Å²) < 4.78 is 11.4. The third kappa shape index (κ3) is 2.70. The topological polar surface area (TPSA) is 38.8 Å². The second-order valence-electron chi connectivity index (χ2n) is 6.39. The van der Waals surface area contributed by atoms with E-state index in [1.165, 1.54) is 0 Å². The highest BCUT2D eigenvalue weighted by molar-refractivity contribution is 5.87. The van der Waals surface area contributed by atoms with Crippen molar-refractivity contribution >= 4 is 5.91 Å². The van der Waals surface area contributed by atoms with Gasteiger partial charge in [0.05, 0.1) is 18.6 Å². The monoisotopic (exact) mass is 289 g/mol. The zero-order valence-corrected chi connectivity index (χ0v) is 12.8. The Morgan fingerprint density at radius 2 is 1.67 bits per heavy atom. The largest absolute Gasteiger partial charge is 0.347 e. The first-order chi connectivity index (χ1) is 10.0. The minimum Gasteiger partial charge on any atom is -0.347 e. The Balaban J connectivity index is 1.69. The number of piperidine rings is 1. The van der Waals surface area contributed by atoms with Gasteiger partial charge in [0.1, 0.15) is 0 Å². The van der Waals surface area contributed by atoms with Gasteiger partial charge >= 0.3 is 0 Å². The van der Waals surface area contributed by atoms with Crippen LogP contribution in [0.15, 0.2) is 30.3 Å². The standard InChI is InChI=1S/C17H23NO3/c1-16(2,14-6-4-3-5-7-14)15(19)18-10-8-17(9-11-18)20-12-13-21-17/h3-7H,8-13H2,1-2H3. The molecule has 1 spiro atoms. The molecule has 4 heteroatoms. The summed E-state index contributed by atoms with van der Waals surface area (Å²) in [5.41, 5.74) is 0.562. The zero-order valence-electron chi connectivity index (χ0n) is 12.8. The van der Waals surface area contributed by atoms with Crippen LogP contribution in [-0.2, 0) is 19.7 Å². The van der Waals surface area contributed by atoms with Crippen LogP contribution < -0.4 is 0 Å². The fourth-order valence-electron chi connectivity index (χ4n) is 3.21. The Bertz CT molecular complexity index is 496. The summed E-state index contributed by atoms with van der Waals surface area (Å²) in [5, 5.41) is 0. The molecule has 2 heterocycles. The minimum absolute atomic E-state index is 0.182. The van der Waals surface area contributed by atoms with Crippen molar-refractivity contribution in [2.75, 3.05) is 26.3 Å². The molecule has 0 unspecified atom stereocenters. The highest BCUT2D eigenvalue weighted by Gasteiger charge is 2.43. The molecule has 114 valence electrons. The number of carbonyl (C=O) groups excluding carboxylic acids is 1. The van der Waals surface area contributed by atoms with Crippen molar-refractivity contribution in [3.05, 3.63) is 35.9 Å². The molecule has 1 aromatic rings. The molecule has 3 rings (SSSR count). The lowest BCUT2D eigenvalue weighted by atomic mass is 9.82. The Morgan fingerprint density at radius 1 is 1.10 bits per heavy atom. The lowest BCUT2D eigenvalue weighted by Gasteiger charge is -2.40. The number of amides is 1. The normalized spacial score (nSPS) is 21.7. The average Bonchev–Trinajstić information content (AvgIpc) is 2.96. The lowest BCUT2D eigenvalue weighted by molar-refractivity contribution is -0.188. The number of hydrogen-bond acceptors (Lipinski definition) is 3. The van der Waals surface area contributed by atoms with Gasteiger partial charge in [-0.15, -0.1) is 0 Å². The smallest absolute Gasteiger partial charge is 0.232 e. The summed E-state index contributed by atoms with van der Waals surface area (Å²) in [6, 6.07) is 9.98. The van der Waals surface area contributed by atoms with E-state index in [-0.39, 0.29) is 5.91 Å². The van der Waals surface area contributed by atoms with Crippen LogP contribution >= 0.6 is 0 Å². The molecule has 2 saturated heterocycles. The van der Waals surface area contributed by atoms with Crippen LogP contribution in [0.5, 0.6) is 0 Å². The highest BCUT2D eigenvalue weighted by Crippen LogP contribution is 2.33. The fourth-order valence-corrected chi connectivity index (χ4v) is 3.21.